The maximum absolute atomic E-state index is 11.2. The molecule has 0 atom stereocenters. The topological polar surface area (TPSA) is 68.0 Å². The molecular weight excluding hydrogens is 314 g/mol. The van der Waals surface area contributed by atoms with Crippen LogP contribution in [0.2, 0.25) is 5.02 Å². The van der Waals surface area contributed by atoms with Crippen molar-refractivity contribution in [3.05, 3.63) is 52.8 Å². The zero-order valence-electron chi connectivity index (χ0n) is 12.8. The molecule has 5 nitrogen and oxygen atoms in total. The Morgan fingerprint density at radius 3 is 2.65 bits per heavy atom. The summed E-state index contributed by atoms with van der Waals surface area (Å²) in [7, 11) is 0. The van der Waals surface area contributed by atoms with Gasteiger partial charge in [0.15, 0.2) is 0 Å². The van der Waals surface area contributed by atoms with Gasteiger partial charge in [-0.15, -0.1) is 0 Å². The summed E-state index contributed by atoms with van der Waals surface area (Å²) in [6.07, 6.45) is 0.712. The molecule has 0 aliphatic carbocycles. The van der Waals surface area contributed by atoms with Crippen LogP contribution in [-0.4, -0.2) is 25.8 Å². The van der Waals surface area contributed by atoms with E-state index in [0.29, 0.717) is 22.9 Å². The fraction of sp³-hybridized carbons (Fsp3) is 0.235. The molecule has 23 heavy (non-hydrogen) atoms. The molecule has 0 spiro atoms. The van der Waals surface area contributed by atoms with E-state index >= 15 is 0 Å². The molecule has 0 saturated heterocycles. The van der Waals surface area contributed by atoms with Crippen molar-refractivity contribution in [1.29, 1.82) is 0 Å². The molecule has 3 aromatic rings. The third kappa shape index (κ3) is 2.92. The van der Waals surface area contributed by atoms with Gasteiger partial charge >= 0.3 is 5.97 Å². The molecule has 118 valence electrons. The predicted octanol–water partition coefficient (Wildman–Crippen LogP) is 3.97. The number of rotatable bonds is 4. The van der Waals surface area contributed by atoms with E-state index in [0.717, 1.165) is 16.9 Å². The number of hydrogen-bond acceptors (Lipinski definition) is 3. The monoisotopic (exact) mass is 329 g/mol. The number of para-hydroxylation sites is 1. The van der Waals surface area contributed by atoms with Gasteiger partial charge < -0.3 is 5.11 Å². The van der Waals surface area contributed by atoms with E-state index in [1.54, 1.807) is 16.8 Å². The normalized spacial score (nSPS) is 11.3. The third-order valence-electron chi connectivity index (χ3n) is 3.50. The molecule has 1 N–H and O–H groups in total. The third-order valence-corrected chi connectivity index (χ3v) is 3.82. The number of nitrogens with zero attached hydrogens (tertiary/aromatic N) is 3. The number of carboxylic acid groups (broad SMARTS) is 1. The summed E-state index contributed by atoms with van der Waals surface area (Å²) in [6, 6.07) is 10.6. The summed E-state index contributed by atoms with van der Waals surface area (Å²) in [5.74, 6) is -0.670. The Bertz CT molecular complexity index is 887. The highest BCUT2D eigenvalue weighted by atomic mass is 35.5. The van der Waals surface area contributed by atoms with Crippen LogP contribution in [0.15, 0.2) is 36.4 Å². The number of benzene rings is 1. The van der Waals surface area contributed by atoms with Crippen LogP contribution in [0.4, 0.5) is 0 Å². The molecule has 6 heteroatoms. The maximum Gasteiger partial charge on any atom is 0.354 e. The maximum atomic E-state index is 11.2. The van der Waals surface area contributed by atoms with E-state index in [1.807, 2.05) is 18.2 Å². The number of aromatic nitrogens is 3. The van der Waals surface area contributed by atoms with Gasteiger partial charge in [-0.1, -0.05) is 37.6 Å². The zero-order chi connectivity index (χ0) is 16.6. The summed E-state index contributed by atoms with van der Waals surface area (Å²) in [5.41, 5.74) is 2.90. The Morgan fingerprint density at radius 1 is 1.26 bits per heavy atom. The Labute approximate surface area is 138 Å². The second-order valence-corrected chi connectivity index (χ2v) is 6.18. The first kappa shape index (κ1) is 15.5. The molecule has 0 unspecified atom stereocenters. The fourth-order valence-electron chi connectivity index (χ4n) is 2.51. The van der Waals surface area contributed by atoms with Crippen molar-refractivity contribution < 1.29 is 9.90 Å². The van der Waals surface area contributed by atoms with Crippen molar-refractivity contribution in [3.8, 4) is 5.69 Å². The molecule has 2 heterocycles. The molecule has 3 rings (SSSR count). The molecule has 0 aliphatic rings. The second-order valence-electron chi connectivity index (χ2n) is 5.78. The lowest BCUT2D eigenvalue weighted by Crippen LogP contribution is -2.01. The molecular formula is C17H16ClN3O2. The van der Waals surface area contributed by atoms with E-state index in [-0.39, 0.29) is 5.69 Å². The predicted molar refractivity (Wildman–Crippen MR) is 89.4 cm³/mol. The highest BCUT2D eigenvalue weighted by Crippen LogP contribution is 2.26. The van der Waals surface area contributed by atoms with Crippen LogP contribution in [0.25, 0.3) is 16.7 Å². The summed E-state index contributed by atoms with van der Waals surface area (Å²) in [6.45, 7) is 4.17. The van der Waals surface area contributed by atoms with Crippen molar-refractivity contribution in [2.45, 2.75) is 20.3 Å². The van der Waals surface area contributed by atoms with Crippen LogP contribution in [0, 0.1) is 5.92 Å². The molecule has 0 fully saturated rings. The van der Waals surface area contributed by atoms with Crippen molar-refractivity contribution in [2.75, 3.05) is 0 Å². The van der Waals surface area contributed by atoms with Crippen molar-refractivity contribution >= 4 is 28.6 Å². The Morgan fingerprint density at radius 2 is 2.00 bits per heavy atom. The van der Waals surface area contributed by atoms with Gasteiger partial charge in [0.1, 0.15) is 11.2 Å². The Balaban J connectivity index is 2.27. The number of carboxylic acids is 1. The number of hydrogen-bond donors (Lipinski definition) is 1. The Kier molecular flexibility index (Phi) is 4.05. The van der Waals surface area contributed by atoms with Crippen LogP contribution >= 0.6 is 11.6 Å². The molecule has 0 radical (unpaired) electrons. The van der Waals surface area contributed by atoms with Gasteiger partial charge in [-0.3, -0.25) is 0 Å². The van der Waals surface area contributed by atoms with E-state index in [9.17, 15) is 9.90 Å². The van der Waals surface area contributed by atoms with Crippen LogP contribution in [-0.2, 0) is 6.42 Å². The average molecular weight is 330 g/mol. The second kappa shape index (κ2) is 6.01. The lowest BCUT2D eigenvalue weighted by Gasteiger charge is -2.05. The SMILES string of the molecule is CC(C)Cc1nn(-c2ccccc2Cl)c2ccc(C(=O)O)nc12. The van der Waals surface area contributed by atoms with Gasteiger partial charge in [-0.2, -0.15) is 5.10 Å². The van der Waals surface area contributed by atoms with E-state index in [1.165, 1.54) is 6.07 Å². The first-order valence-electron chi connectivity index (χ1n) is 7.34. The molecule has 0 bridgehead atoms. The first-order valence-corrected chi connectivity index (χ1v) is 7.72. The minimum Gasteiger partial charge on any atom is -0.477 e. The summed E-state index contributed by atoms with van der Waals surface area (Å²) >= 11 is 6.28. The van der Waals surface area contributed by atoms with Gasteiger partial charge in [0.2, 0.25) is 0 Å². The average Bonchev–Trinajstić information content (AvgIpc) is 2.85. The number of fused-ring (bicyclic) bond motifs is 1. The lowest BCUT2D eigenvalue weighted by atomic mass is 10.1. The summed E-state index contributed by atoms with van der Waals surface area (Å²) in [5, 5.41) is 14.4. The quantitative estimate of drug-likeness (QED) is 0.786. The highest BCUT2D eigenvalue weighted by Gasteiger charge is 2.17. The molecule has 0 saturated carbocycles. The number of halogens is 1. The fourth-order valence-corrected chi connectivity index (χ4v) is 2.72. The molecule has 0 aliphatic heterocycles. The van der Waals surface area contributed by atoms with Gasteiger partial charge in [0.05, 0.1) is 21.9 Å². The van der Waals surface area contributed by atoms with E-state index in [2.05, 4.69) is 23.9 Å². The van der Waals surface area contributed by atoms with Crippen molar-refractivity contribution in [3.63, 3.8) is 0 Å². The zero-order valence-corrected chi connectivity index (χ0v) is 13.6. The highest BCUT2D eigenvalue weighted by molar-refractivity contribution is 6.32. The number of carbonyl (C=O) groups is 1. The van der Waals surface area contributed by atoms with Crippen molar-refractivity contribution in [1.82, 2.24) is 14.8 Å². The molecule has 1 aromatic carbocycles. The smallest absolute Gasteiger partial charge is 0.354 e. The van der Waals surface area contributed by atoms with Gasteiger partial charge in [0, 0.05) is 0 Å². The summed E-state index contributed by atoms with van der Waals surface area (Å²) < 4.78 is 1.73. The van der Waals surface area contributed by atoms with Crippen LogP contribution < -0.4 is 0 Å². The number of pyridine rings is 1. The largest absolute Gasteiger partial charge is 0.477 e. The summed E-state index contributed by atoms with van der Waals surface area (Å²) in [4.78, 5) is 15.5. The number of aromatic carboxylic acids is 1. The molecule has 0 amide bonds. The van der Waals surface area contributed by atoms with Crippen LogP contribution in [0.3, 0.4) is 0 Å². The van der Waals surface area contributed by atoms with E-state index in [4.69, 9.17) is 11.6 Å². The van der Waals surface area contributed by atoms with Crippen LogP contribution in [0.5, 0.6) is 0 Å². The molecule has 2 aromatic heterocycles. The van der Waals surface area contributed by atoms with Crippen LogP contribution in [0.1, 0.15) is 30.0 Å². The standard InChI is InChI=1S/C17H16ClN3O2/c1-10(2)9-13-16-15(8-7-12(19-16)17(22)23)21(20-13)14-6-4-3-5-11(14)18/h3-8,10H,9H2,1-2H3,(H,22,23). The van der Waals surface area contributed by atoms with Crippen molar-refractivity contribution in [2.24, 2.45) is 5.92 Å². The van der Waals surface area contributed by atoms with Gasteiger partial charge in [-0.05, 0) is 36.6 Å². The first-order chi connectivity index (χ1) is 11.0. The van der Waals surface area contributed by atoms with Gasteiger partial charge in [0.25, 0.3) is 0 Å². The minimum absolute atomic E-state index is 0.0150. The van der Waals surface area contributed by atoms with Gasteiger partial charge in [-0.25, -0.2) is 14.5 Å². The Hall–Kier alpha value is -2.40. The minimum atomic E-state index is -1.05. The van der Waals surface area contributed by atoms with E-state index < -0.39 is 5.97 Å². The lowest BCUT2D eigenvalue weighted by molar-refractivity contribution is 0.0691.